The number of piperazine rings is 1. The summed E-state index contributed by atoms with van der Waals surface area (Å²) >= 11 is 0. The molecule has 1 N–H and O–H groups in total. The third-order valence-corrected chi connectivity index (χ3v) is 2.14. The van der Waals surface area contributed by atoms with Gasteiger partial charge in [-0.05, 0) is 12.5 Å². The van der Waals surface area contributed by atoms with Gasteiger partial charge in [0, 0.05) is 13.1 Å². The molecule has 1 atom stereocenters. The highest BCUT2D eigenvalue weighted by molar-refractivity contribution is 6.02. The molecule has 1 saturated heterocycles. The Labute approximate surface area is 77.6 Å². The van der Waals surface area contributed by atoms with Gasteiger partial charge in [0.2, 0.25) is 5.91 Å². The Morgan fingerprint density at radius 3 is 3.08 bits per heavy atom. The van der Waals surface area contributed by atoms with E-state index in [2.05, 4.69) is 11.9 Å². The number of amides is 2. The zero-order valence-electron chi connectivity index (χ0n) is 7.75. The topological polar surface area (TPSA) is 49.4 Å². The molecule has 0 unspecified atom stereocenters. The summed E-state index contributed by atoms with van der Waals surface area (Å²) in [5.41, 5.74) is 0. The summed E-state index contributed by atoms with van der Waals surface area (Å²) in [7, 11) is 0. The van der Waals surface area contributed by atoms with Gasteiger partial charge in [-0.2, -0.15) is 0 Å². The first kappa shape index (κ1) is 9.92. The Bertz CT molecular complexity index is 238. The van der Waals surface area contributed by atoms with Crippen LogP contribution >= 0.6 is 0 Å². The van der Waals surface area contributed by atoms with E-state index in [4.69, 9.17) is 0 Å². The first-order valence-electron chi connectivity index (χ1n) is 4.41. The number of carbonyl (C=O) groups excluding carboxylic acids is 2. The van der Waals surface area contributed by atoms with Crippen LogP contribution in [0.2, 0.25) is 0 Å². The second-order valence-corrected chi connectivity index (χ2v) is 2.95. The Morgan fingerprint density at radius 1 is 1.85 bits per heavy atom. The van der Waals surface area contributed by atoms with Crippen LogP contribution in [0.5, 0.6) is 0 Å². The lowest BCUT2D eigenvalue weighted by Gasteiger charge is -2.30. The molecule has 1 aliphatic heterocycles. The molecule has 0 radical (unpaired) electrons. The van der Waals surface area contributed by atoms with Crippen molar-refractivity contribution in [2.24, 2.45) is 0 Å². The van der Waals surface area contributed by atoms with E-state index in [9.17, 15) is 9.59 Å². The molecular weight excluding hydrogens is 168 g/mol. The molecule has 2 amide bonds. The molecule has 1 heterocycles. The third-order valence-electron chi connectivity index (χ3n) is 2.14. The van der Waals surface area contributed by atoms with Gasteiger partial charge in [0.05, 0.1) is 6.04 Å². The normalized spacial score (nSPS) is 23.0. The molecule has 0 aromatic heterocycles. The summed E-state index contributed by atoms with van der Waals surface area (Å²) in [4.78, 5) is 24.0. The van der Waals surface area contributed by atoms with Crippen LogP contribution in [0.3, 0.4) is 0 Å². The predicted molar refractivity (Wildman–Crippen MR) is 49.0 cm³/mol. The summed E-state index contributed by atoms with van der Waals surface area (Å²) in [6.45, 7) is 6.39. The van der Waals surface area contributed by atoms with Crippen molar-refractivity contribution in [1.82, 2.24) is 10.2 Å². The zero-order valence-corrected chi connectivity index (χ0v) is 7.75. The number of nitrogens with zero attached hydrogens (tertiary/aromatic N) is 1. The van der Waals surface area contributed by atoms with Crippen LogP contribution in [0.4, 0.5) is 0 Å². The molecule has 4 heteroatoms. The van der Waals surface area contributed by atoms with E-state index in [1.165, 1.54) is 11.0 Å². The SMILES string of the molecule is C=CC(=O)N1CCN[C@@H](CC)C1=O. The maximum Gasteiger partial charge on any atom is 0.252 e. The Kier molecular flexibility index (Phi) is 3.19. The van der Waals surface area contributed by atoms with Crippen LogP contribution in [0, 0.1) is 0 Å². The van der Waals surface area contributed by atoms with Crippen LogP contribution in [0.25, 0.3) is 0 Å². The monoisotopic (exact) mass is 182 g/mol. The fraction of sp³-hybridized carbons (Fsp3) is 0.556. The van der Waals surface area contributed by atoms with Gasteiger partial charge in [0.15, 0.2) is 0 Å². The number of imide groups is 1. The Hall–Kier alpha value is -1.16. The highest BCUT2D eigenvalue weighted by atomic mass is 16.2. The van der Waals surface area contributed by atoms with Crippen molar-refractivity contribution in [1.29, 1.82) is 0 Å². The maximum absolute atomic E-state index is 11.6. The fourth-order valence-corrected chi connectivity index (χ4v) is 1.38. The molecule has 0 aromatic rings. The second-order valence-electron chi connectivity index (χ2n) is 2.95. The molecule has 72 valence electrons. The minimum Gasteiger partial charge on any atom is -0.304 e. The van der Waals surface area contributed by atoms with Crippen molar-refractivity contribution in [3.05, 3.63) is 12.7 Å². The average Bonchev–Trinajstić information content (AvgIpc) is 2.17. The number of nitrogens with one attached hydrogen (secondary N) is 1. The zero-order chi connectivity index (χ0) is 9.84. The summed E-state index contributed by atoms with van der Waals surface area (Å²) in [6.07, 6.45) is 1.88. The van der Waals surface area contributed by atoms with E-state index >= 15 is 0 Å². The van der Waals surface area contributed by atoms with Crippen LogP contribution in [0.15, 0.2) is 12.7 Å². The van der Waals surface area contributed by atoms with Gasteiger partial charge >= 0.3 is 0 Å². The molecule has 0 aliphatic carbocycles. The molecule has 0 saturated carbocycles. The molecule has 1 aliphatic rings. The number of hydrogen-bond donors (Lipinski definition) is 1. The van der Waals surface area contributed by atoms with Crippen molar-refractivity contribution in [3.63, 3.8) is 0 Å². The third kappa shape index (κ3) is 1.95. The average molecular weight is 182 g/mol. The van der Waals surface area contributed by atoms with Gasteiger partial charge in [0.1, 0.15) is 0 Å². The van der Waals surface area contributed by atoms with Crippen LogP contribution in [-0.4, -0.2) is 35.8 Å². The van der Waals surface area contributed by atoms with Crippen molar-refractivity contribution < 1.29 is 9.59 Å². The van der Waals surface area contributed by atoms with Gasteiger partial charge in [-0.3, -0.25) is 14.5 Å². The fourth-order valence-electron chi connectivity index (χ4n) is 1.38. The van der Waals surface area contributed by atoms with Crippen molar-refractivity contribution in [3.8, 4) is 0 Å². The minimum atomic E-state index is -0.301. The molecule has 1 fully saturated rings. The lowest BCUT2D eigenvalue weighted by atomic mass is 10.1. The predicted octanol–water partition coefficient (Wildman–Crippen LogP) is -0.0906. The van der Waals surface area contributed by atoms with E-state index in [0.29, 0.717) is 19.5 Å². The minimum absolute atomic E-state index is 0.140. The smallest absolute Gasteiger partial charge is 0.252 e. The van der Waals surface area contributed by atoms with Gasteiger partial charge in [-0.25, -0.2) is 0 Å². The van der Waals surface area contributed by atoms with E-state index in [0.717, 1.165) is 0 Å². The largest absolute Gasteiger partial charge is 0.304 e. The van der Waals surface area contributed by atoms with Crippen LogP contribution in [-0.2, 0) is 9.59 Å². The van der Waals surface area contributed by atoms with E-state index in [1.807, 2.05) is 6.92 Å². The molecule has 13 heavy (non-hydrogen) atoms. The summed E-state index contributed by atoms with van der Waals surface area (Å²) < 4.78 is 0. The van der Waals surface area contributed by atoms with E-state index in [-0.39, 0.29) is 17.9 Å². The van der Waals surface area contributed by atoms with Crippen LogP contribution < -0.4 is 5.32 Å². The Morgan fingerprint density at radius 2 is 2.54 bits per heavy atom. The lowest BCUT2D eigenvalue weighted by molar-refractivity contribution is -0.145. The van der Waals surface area contributed by atoms with Crippen molar-refractivity contribution in [2.45, 2.75) is 19.4 Å². The first-order chi connectivity index (χ1) is 6.20. The highest BCUT2D eigenvalue weighted by Gasteiger charge is 2.29. The van der Waals surface area contributed by atoms with Gasteiger partial charge in [0.25, 0.3) is 5.91 Å². The molecule has 0 spiro atoms. The van der Waals surface area contributed by atoms with Gasteiger partial charge in [-0.1, -0.05) is 13.5 Å². The summed E-state index contributed by atoms with van der Waals surface area (Å²) in [5, 5.41) is 3.05. The van der Waals surface area contributed by atoms with Gasteiger partial charge < -0.3 is 5.32 Å². The molecule has 1 rings (SSSR count). The van der Waals surface area contributed by atoms with Crippen molar-refractivity contribution >= 4 is 11.8 Å². The number of rotatable bonds is 2. The van der Waals surface area contributed by atoms with E-state index < -0.39 is 0 Å². The number of carbonyl (C=O) groups is 2. The summed E-state index contributed by atoms with van der Waals surface area (Å²) in [5.74, 6) is -0.441. The molecule has 0 bridgehead atoms. The second kappa shape index (κ2) is 4.18. The standard InChI is InChI=1S/C9H14N2O2/c1-3-7-9(13)11(6-5-10-7)8(12)4-2/h4,7,10H,2-3,5-6H2,1H3/t7-/m0/s1. The highest BCUT2D eigenvalue weighted by Crippen LogP contribution is 2.04. The van der Waals surface area contributed by atoms with E-state index in [1.54, 1.807) is 0 Å². The van der Waals surface area contributed by atoms with Crippen molar-refractivity contribution in [2.75, 3.05) is 13.1 Å². The summed E-state index contributed by atoms with van der Waals surface area (Å²) in [6, 6.07) is -0.211. The molecule has 0 aromatic carbocycles. The molecule has 4 nitrogen and oxygen atoms in total. The number of hydrogen-bond acceptors (Lipinski definition) is 3. The molecular formula is C9H14N2O2. The van der Waals surface area contributed by atoms with Crippen LogP contribution in [0.1, 0.15) is 13.3 Å². The van der Waals surface area contributed by atoms with Gasteiger partial charge in [-0.15, -0.1) is 0 Å². The first-order valence-corrected chi connectivity index (χ1v) is 4.41. The lowest BCUT2D eigenvalue weighted by Crippen LogP contribution is -2.56. The Balaban J connectivity index is 2.70. The maximum atomic E-state index is 11.6. The quantitative estimate of drug-likeness (QED) is 0.607.